The zero-order valence-corrected chi connectivity index (χ0v) is 11.3. The van der Waals surface area contributed by atoms with Gasteiger partial charge >= 0.3 is 0 Å². The van der Waals surface area contributed by atoms with Crippen molar-refractivity contribution in [1.82, 2.24) is 19.8 Å². The number of hydrogen-bond donors (Lipinski definition) is 1. The van der Waals surface area contributed by atoms with E-state index in [1.165, 1.54) is 44.6 Å². The quantitative estimate of drug-likeness (QED) is 0.820. The van der Waals surface area contributed by atoms with Gasteiger partial charge in [0.15, 0.2) is 0 Å². The summed E-state index contributed by atoms with van der Waals surface area (Å²) in [4.78, 5) is 7.05. The molecule has 1 atom stereocenters. The van der Waals surface area contributed by atoms with Crippen LogP contribution >= 0.6 is 0 Å². The molecule has 0 bridgehead atoms. The highest BCUT2D eigenvalue weighted by Crippen LogP contribution is 2.21. The number of imidazole rings is 1. The van der Waals surface area contributed by atoms with Crippen LogP contribution in [0.3, 0.4) is 0 Å². The normalized spacial score (nSPS) is 24.8. The van der Waals surface area contributed by atoms with Crippen LogP contribution in [0, 0.1) is 0 Å². The Balaban J connectivity index is 1.46. The van der Waals surface area contributed by atoms with E-state index < -0.39 is 0 Å². The van der Waals surface area contributed by atoms with E-state index in [2.05, 4.69) is 26.8 Å². The summed E-state index contributed by atoms with van der Waals surface area (Å²) < 4.78 is 2.13. The molecule has 1 N–H and O–H groups in total. The third-order valence-electron chi connectivity index (χ3n) is 4.26. The number of aryl methyl sites for hydroxylation is 1. The SMILES string of the molecule is Cn1ccnc1CCN1CCCC1CNC1CC1. The summed E-state index contributed by atoms with van der Waals surface area (Å²) >= 11 is 0. The lowest BCUT2D eigenvalue weighted by Gasteiger charge is -2.24. The first-order valence-corrected chi connectivity index (χ1v) is 7.26. The first-order chi connectivity index (χ1) is 8.83. The minimum absolute atomic E-state index is 0.755. The van der Waals surface area contributed by atoms with Crippen molar-refractivity contribution in [1.29, 1.82) is 0 Å². The van der Waals surface area contributed by atoms with Gasteiger partial charge < -0.3 is 9.88 Å². The molecule has 1 unspecified atom stereocenters. The molecule has 18 heavy (non-hydrogen) atoms. The summed E-state index contributed by atoms with van der Waals surface area (Å²) in [6.07, 6.45) is 10.5. The van der Waals surface area contributed by atoms with Crippen molar-refractivity contribution >= 4 is 0 Å². The maximum absolute atomic E-state index is 4.41. The van der Waals surface area contributed by atoms with Gasteiger partial charge in [-0.1, -0.05) is 0 Å². The molecule has 4 heteroatoms. The van der Waals surface area contributed by atoms with Crippen molar-refractivity contribution < 1.29 is 0 Å². The molecule has 0 aromatic carbocycles. The van der Waals surface area contributed by atoms with Crippen LogP contribution in [-0.4, -0.2) is 46.2 Å². The smallest absolute Gasteiger partial charge is 0.109 e. The minimum atomic E-state index is 0.755. The second-order valence-electron chi connectivity index (χ2n) is 5.72. The molecule has 1 aromatic heterocycles. The standard InChI is InChI=1S/C14H24N4/c1-17-10-7-15-14(17)6-9-18-8-2-3-13(18)11-16-12-4-5-12/h7,10,12-13,16H,2-6,8-9,11H2,1H3. The van der Waals surface area contributed by atoms with Crippen molar-refractivity contribution in [3.05, 3.63) is 18.2 Å². The van der Waals surface area contributed by atoms with E-state index >= 15 is 0 Å². The molecule has 2 heterocycles. The Labute approximate surface area is 109 Å². The Morgan fingerprint density at radius 1 is 1.39 bits per heavy atom. The van der Waals surface area contributed by atoms with Gasteiger partial charge in [0.1, 0.15) is 5.82 Å². The van der Waals surface area contributed by atoms with Gasteiger partial charge in [-0.3, -0.25) is 4.90 Å². The van der Waals surface area contributed by atoms with E-state index in [0.717, 1.165) is 25.0 Å². The van der Waals surface area contributed by atoms with Crippen LogP contribution in [0.15, 0.2) is 12.4 Å². The Hall–Kier alpha value is -0.870. The van der Waals surface area contributed by atoms with E-state index in [0.29, 0.717) is 0 Å². The molecule has 1 aliphatic heterocycles. The van der Waals surface area contributed by atoms with Gasteiger partial charge in [-0.25, -0.2) is 4.98 Å². The van der Waals surface area contributed by atoms with Crippen LogP contribution < -0.4 is 5.32 Å². The van der Waals surface area contributed by atoms with Crippen LogP contribution in [0.2, 0.25) is 0 Å². The second-order valence-corrected chi connectivity index (χ2v) is 5.72. The molecule has 2 aliphatic rings. The highest BCUT2D eigenvalue weighted by Gasteiger charge is 2.27. The molecular weight excluding hydrogens is 224 g/mol. The molecule has 0 spiro atoms. The summed E-state index contributed by atoms with van der Waals surface area (Å²) in [5.74, 6) is 1.20. The molecule has 3 rings (SSSR count). The van der Waals surface area contributed by atoms with Crippen LogP contribution in [0.25, 0.3) is 0 Å². The summed E-state index contributed by atoms with van der Waals surface area (Å²) in [6, 6.07) is 1.59. The summed E-state index contributed by atoms with van der Waals surface area (Å²) in [5.41, 5.74) is 0. The molecule has 4 nitrogen and oxygen atoms in total. The Kier molecular flexibility index (Phi) is 3.66. The van der Waals surface area contributed by atoms with E-state index in [4.69, 9.17) is 0 Å². The maximum atomic E-state index is 4.41. The number of rotatable bonds is 6. The number of nitrogens with one attached hydrogen (secondary N) is 1. The lowest BCUT2D eigenvalue weighted by molar-refractivity contribution is 0.248. The van der Waals surface area contributed by atoms with Crippen molar-refractivity contribution in [3.63, 3.8) is 0 Å². The molecule has 0 amide bonds. The average molecular weight is 248 g/mol. The number of likely N-dealkylation sites (tertiary alicyclic amines) is 1. The third kappa shape index (κ3) is 2.93. The fraction of sp³-hybridized carbons (Fsp3) is 0.786. The van der Waals surface area contributed by atoms with Crippen LogP contribution in [-0.2, 0) is 13.5 Å². The second kappa shape index (κ2) is 5.41. The predicted molar refractivity (Wildman–Crippen MR) is 72.5 cm³/mol. The van der Waals surface area contributed by atoms with Gasteiger partial charge in [-0.15, -0.1) is 0 Å². The largest absolute Gasteiger partial charge is 0.338 e. The maximum Gasteiger partial charge on any atom is 0.109 e. The van der Waals surface area contributed by atoms with Crippen molar-refractivity contribution in [2.45, 2.75) is 44.2 Å². The molecule has 0 radical (unpaired) electrons. The predicted octanol–water partition coefficient (Wildman–Crippen LogP) is 1.18. The average Bonchev–Trinajstić information content (AvgIpc) is 2.94. The molecular formula is C14H24N4. The number of aromatic nitrogens is 2. The molecule has 2 fully saturated rings. The van der Waals surface area contributed by atoms with E-state index in [9.17, 15) is 0 Å². The number of hydrogen-bond acceptors (Lipinski definition) is 3. The Bertz CT molecular complexity index is 383. The molecule has 100 valence electrons. The molecule has 1 aliphatic carbocycles. The van der Waals surface area contributed by atoms with Crippen molar-refractivity contribution in [2.75, 3.05) is 19.6 Å². The van der Waals surface area contributed by atoms with Crippen LogP contribution in [0.1, 0.15) is 31.5 Å². The Morgan fingerprint density at radius 3 is 3.00 bits per heavy atom. The van der Waals surface area contributed by atoms with Gasteiger partial charge in [-0.05, 0) is 32.2 Å². The summed E-state index contributed by atoms with van der Waals surface area (Å²) in [6.45, 7) is 3.61. The van der Waals surface area contributed by atoms with Crippen LogP contribution in [0.4, 0.5) is 0 Å². The third-order valence-corrected chi connectivity index (χ3v) is 4.26. The van der Waals surface area contributed by atoms with E-state index in [-0.39, 0.29) is 0 Å². The lowest BCUT2D eigenvalue weighted by atomic mass is 10.2. The fourth-order valence-electron chi connectivity index (χ4n) is 2.89. The van der Waals surface area contributed by atoms with Crippen LogP contribution in [0.5, 0.6) is 0 Å². The minimum Gasteiger partial charge on any atom is -0.338 e. The fourth-order valence-corrected chi connectivity index (χ4v) is 2.89. The molecule has 1 aromatic rings. The zero-order valence-electron chi connectivity index (χ0n) is 11.3. The van der Waals surface area contributed by atoms with Crippen molar-refractivity contribution in [3.8, 4) is 0 Å². The topological polar surface area (TPSA) is 33.1 Å². The van der Waals surface area contributed by atoms with Gasteiger partial charge in [0.05, 0.1) is 0 Å². The zero-order chi connectivity index (χ0) is 12.4. The van der Waals surface area contributed by atoms with Gasteiger partial charge in [-0.2, -0.15) is 0 Å². The summed E-state index contributed by atoms with van der Waals surface area (Å²) in [5, 5.41) is 3.67. The van der Waals surface area contributed by atoms with Gasteiger partial charge in [0.2, 0.25) is 0 Å². The number of nitrogens with zero attached hydrogens (tertiary/aromatic N) is 3. The molecule has 1 saturated heterocycles. The first-order valence-electron chi connectivity index (χ1n) is 7.26. The van der Waals surface area contributed by atoms with E-state index in [1.807, 2.05) is 12.4 Å². The molecule has 1 saturated carbocycles. The van der Waals surface area contributed by atoms with Gasteiger partial charge in [0.25, 0.3) is 0 Å². The monoisotopic (exact) mass is 248 g/mol. The van der Waals surface area contributed by atoms with Crippen molar-refractivity contribution in [2.24, 2.45) is 7.05 Å². The highest BCUT2D eigenvalue weighted by molar-refractivity contribution is 4.93. The van der Waals surface area contributed by atoms with Gasteiger partial charge in [0, 0.05) is 51.0 Å². The van der Waals surface area contributed by atoms with E-state index in [1.54, 1.807) is 0 Å². The lowest BCUT2D eigenvalue weighted by Crippen LogP contribution is -2.39. The Morgan fingerprint density at radius 2 is 2.28 bits per heavy atom. The first kappa shape index (κ1) is 12.2. The summed E-state index contributed by atoms with van der Waals surface area (Å²) in [7, 11) is 2.08. The highest BCUT2D eigenvalue weighted by atomic mass is 15.2.